The topological polar surface area (TPSA) is 51.2 Å². The van der Waals surface area contributed by atoms with Crippen molar-refractivity contribution in [1.82, 2.24) is 10.3 Å². The van der Waals surface area contributed by atoms with Crippen LogP contribution in [0.1, 0.15) is 12.6 Å². The maximum Gasteiger partial charge on any atom is 0.233 e. The average molecular weight is 302 g/mol. The van der Waals surface area contributed by atoms with Gasteiger partial charge in [0.15, 0.2) is 0 Å². The van der Waals surface area contributed by atoms with E-state index in [2.05, 4.69) is 10.3 Å². The first-order valence-corrected chi connectivity index (χ1v) is 7.55. The van der Waals surface area contributed by atoms with E-state index in [4.69, 9.17) is 4.74 Å². The molecule has 1 heterocycles. The van der Waals surface area contributed by atoms with Gasteiger partial charge in [-0.15, -0.1) is 11.8 Å². The van der Waals surface area contributed by atoms with Gasteiger partial charge in [-0.25, -0.2) is 0 Å². The quantitative estimate of drug-likeness (QED) is 0.834. The zero-order valence-electron chi connectivity index (χ0n) is 12.1. The lowest BCUT2D eigenvalue weighted by atomic mass is 10.3. The molecule has 0 spiro atoms. The lowest BCUT2D eigenvalue weighted by Gasteiger charge is -2.12. The molecule has 0 fully saturated rings. The fraction of sp³-hybridized carbons (Fsp3) is 0.250. The van der Waals surface area contributed by atoms with Crippen LogP contribution in [0.25, 0.3) is 0 Å². The third-order valence-corrected chi connectivity index (χ3v) is 4.02. The van der Waals surface area contributed by atoms with Crippen LogP contribution >= 0.6 is 11.8 Å². The Labute approximate surface area is 128 Å². The molecule has 1 N–H and O–H groups in total. The molecule has 1 amide bonds. The highest BCUT2D eigenvalue weighted by atomic mass is 32.2. The minimum absolute atomic E-state index is 0.00136. The monoisotopic (exact) mass is 302 g/mol. The Balaban J connectivity index is 1.84. The van der Waals surface area contributed by atoms with Crippen molar-refractivity contribution in [2.45, 2.75) is 23.6 Å². The average Bonchev–Trinajstić information content (AvgIpc) is 2.54. The van der Waals surface area contributed by atoms with E-state index < -0.39 is 0 Å². The van der Waals surface area contributed by atoms with Gasteiger partial charge >= 0.3 is 0 Å². The second kappa shape index (κ2) is 7.69. The predicted octanol–water partition coefficient (Wildman–Crippen LogP) is 2.89. The Hall–Kier alpha value is -2.01. The Morgan fingerprint density at radius 1 is 1.29 bits per heavy atom. The van der Waals surface area contributed by atoms with Crippen molar-refractivity contribution in [2.24, 2.45) is 0 Å². The van der Waals surface area contributed by atoms with Crippen LogP contribution in [0.15, 0.2) is 53.6 Å². The minimum Gasteiger partial charge on any atom is -0.497 e. The zero-order valence-corrected chi connectivity index (χ0v) is 12.9. The van der Waals surface area contributed by atoms with Gasteiger partial charge in [0.05, 0.1) is 24.6 Å². The fourth-order valence-corrected chi connectivity index (χ4v) is 2.63. The number of hydrogen-bond donors (Lipinski definition) is 1. The molecule has 2 rings (SSSR count). The molecule has 0 aliphatic rings. The van der Waals surface area contributed by atoms with Crippen molar-refractivity contribution in [2.75, 3.05) is 7.11 Å². The number of ether oxygens (including phenoxy) is 1. The number of amides is 1. The van der Waals surface area contributed by atoms with Crippen LogP contribution in [-0.4, -0.2) is 23.3 Å². The molecule has 110 valence electrons. The molecule has 0 bridgehead atoms. The van der Waals surface area contributed by atoms with Crippen LogP contribution in [0.4, 0.5) is 0 Å². The Morgan fingerprint density at radius 3 is 2.67 bits per heavy atom. The number of benzene rings is 1. The van der Waals surface area contributed by atoms with Crippen molar-refractivity contribution in [3.63, 3.8) is 0 Å². The molecule has 1 aromatic heterocycles. The van der Waals surface area contributed by atoms with Crippen molar-refractivity contribution in [3.8, 4) is 5.75 Å². The Bertz CT molecular complexity index is 573. The summed E-state index contributed by atoms with van der Waals surface area (Å²) in [6.07, 6.45) is 1.72. The van der Waals surface area contributed by atoms with E-state index in [9.17, 15) is 4.79 Å². The zero-order chi connectivity index (χ0) is 15.1. The van der Waals surface area contributed by atoms with Crippen molar-refractivity contribution < 1.29 is 9.53 Å². The summed E-state index contributed by atoms with van der Waals surface area (Å²) < 4.78 is 5.11. The maximum absolute atomic E-state index is 12.1. The summed E-state index contributed by atoms with van der Waals surface area (Å²) in [4.78, 5) is 17.3. The molecule has 1 atom stereocenters. The van der Waals surface area contributed by atoms with Crippen LogP contribution in [0, 0.1) is 0 Å². The number of hydrogen-bond acceptors (Lipinski definition) is 4. The normalized spacial score (nSPS) is 11.7. The van der Waals surface area contributed by atoms with Gasteiger partial charge in [-0.1, -0.05) is 6.07 Å². The fourth-order valence-electron chi connectivity index (χ4n) is 1.74. The van der Waals surface area contributed by atoms with Gasteiger partial charge in [0.2, 0.25) is 5.91 Å². The standard InChI is InChI=1S/C16H18N2O2S/c1-12(21-15-8-6-14(20-2)7-9-15)16(19)18-11-13-5-3-4-10-17-13/h3-10,12H,11H2,1-2H3,(H,18,19)/t12-/m1/s1. The summed E-state index contributed by atoms with van der Waals surface area (Å²) in [5.74, 6) is 0.813. The van der Waals surface area contributed by atoms with Gasteiger partial charge in [-0.3, -0.25) is 9.78 Å². The largest absolute Gasteiger partial charge is 0.497 e. The number of nitrogens with zero attached hydrogens (tertiary/aromatic N) is 1. The molecule has 21 heavy (non-hydrogen) atoms. The minimum atomic E-state index is -0.165. The number of methoxy groups -OCH3 is 1. The molecule has 0 aliphatic carbocycles. The van der Waals surface area contributed by atoms with Gasteiger partial charge in [-0.2, -0.15) is 0 Å². The smallest absolute Gasteiger partial charge is 0.233 e. The van der Waals surface area contributed by atoms with Crippen LogP contribution < -0.4 is 10.1 Å². The number of pyridine rings is 1. The van der Waals surface area contributed by atoms with E-state index in [1.165, 1.54) is 11.8 Å². The summed E-state index contributed by atoms with van der Waals surface area (Å²) in [6.45, 7) is 2.34. The van der Waals surface area contributed by atoms with Gasteiger partial charge in [-0.05, 0) is 43.3 Å². The van der Waals surface area contributed by atoms with Crippen LogP contribution in [-0.2, 0) is 11.3 Å². The lowest BCUT2D eigenvalue weighted by molar-refractivity contribution is -0.120. The molecule has 1 aromatic carbocycles. The summed E-state index contributed by atoms with van der Waals surface area (Å²) in [6, 6.07) is 13.3. The molecule has 4 nitrogen and oxygen atoms in total. The highest BCUT2D eigenvalue weighted by molar-refractivity contribution is 8.00. The second-order valence-corrected chi connectivity index (χ2v) is 5.89. The molecular weight excluding hydrogens is 284 g/mol. The number of aromatic nitrogens is 1. The van der Waals surface area contributed by atoms with E-state index >= 15 is 0 Å². The highest BCUT2D eigenvalue weighted by Gasteiger charge is 2.14. The van der Waals surface area contributed by atoms with E-state index in [-0.39, 0.29) is 11.2 Å². The highest BCUT2D eigenvalue weighted by Crippen LogP contribution is 2.25. The van der Waals surface area contributed by atoms with Gasteiger partial charge in [0, 0.05) is 11.1 Å². The Morgan fingerprint density at radius 2 is 2.05 bits per heavy atom. The number of nitrogens with one attached hydrogen (secondary N) is 1. The van der Waals surface area contributed by atoms with E-state index in [1.54, 1.807) is 13.3 Å². The van der Waals surface area contributed by atoms with E-state index in [0.717, 1.165) is 16.3 Å². The third kappa shape index (κ3) is 4.79. The Kier molecular flexibility index (Phi) is 5.63. The number of carbonyl (C=O) groups is 1. The summed E-state index contributed by atoms with van der Waals surface area (Å²) in [7, 11) is 1.63. The molecule has 0 unspecified atom stereocenters. The van der Waals surface area contributed by atoms with Crippen LogP contribution in [0.5, 0.6) is 5.75 Å². The van der Waals surface area contributed by atoms with Crippen LogP contribution in [0.3, 0.4) is 0 Å². The molecule has 0 saturated carbocycles. The van der Waals surface area contributed by atoms with Crippen LogP contribution in [0.2, 0.25) is 0 Å². The summed E-state index contributed by atoms with van der Waals surface area (Å²) in [5, 5.41) is 2.73. The second-order valence-electron chi connectivity index (χ2n) is 4.47. The predicted molar refractivity (Wildman–Crippen MR) is 84.4 cm³/mol. The molecule has 0 radical (unpaired) electrons. The van der Waals surface area contributed by atoms with Crippen molar-refractivity contribution in [3.05, 3.63) is 54.4 Å². The van der Waals surface area contributed by atoms with E-state index in [1.807, 2.05) is 49.4 Å². The van der Waals surface area contributed by atoms with Gasteiger partial charge in [0.1, 0.15) is 5.75 Å². The van der Waals surface area contributed by atoms with E-state index in [0.29, 0.717) is 6.54 Å². The third-order valence-electron chi connectivity index (χ3n) is 2.91. The first kappa shape index (κ1) is 15.4. The lowest BCUT2D eigenvalue weighted by Crippen LogP contribution is -2.30. The first-order valence-electron chi connectivity index (χ1n) is 6.67. The molecule has 2 aromatic rings. The number of carbonyl (C=O) groups excluding carboxylic acids is 1. The van der Waals surface area contributed by atoms with Gasteiger partial charge in [0.25, 0.3) is 0 Å². The van der Waals surface area contributed by atoms with Crippen molar-refractivity contribution in [1.29, 1.82) is 0 Å². The number of rotatable bonds is 6. The molecule has 0 saturated heterocycles. The van der Waals surface area contributed by atoms with Gasteiger partial charge < -0.3 is 10.1 Å². The summed E-state index contributed by atoms with van der Waals surface area (Å²) >= 11 is 1.52. The molecular formula is C16H18N2O2S. The molecule has 0 aliphatic heterocycles. The summed E-state index contributed by atoms with van der Waals surface area (Å²) in [5.41, 5.74) is 0.854. The number of thioether (sulfide) groups is 1. The maximum atomic E-state index is 12.1. The molecule has 5 heteroatoms. The SMILES string of the molecule is COc1ccc(S[C@H](C)C(=O)NCc2ccccn2)cc1. The first-order chi connectivity index (χ1) is 10.2. The van der Waals surface area contributed by atoms with Crippen molar-refractivity contribution >= 4 is 17.7 Å².